The summed E-state index contributed by atoms with van der Waals surface area (Å²) in [5.41, 5.74) is 1.40. The molecule has 0 radical (unpaired) electrons. The topological polar surface area (TPSA) is 40.5 Å². The number of nitrogens with zero attached hydrogens (tertiary/aromatic N) is 1. The van der Waals surface area contributed by atoms with Gasteiger partial charge in [0.1, 0.15) is 6.04 Å². The van der Waals surface area contributed by atoms with Crippen LogP contribution in [0.2, 0.25) is 0 Å². The van der Waals surface area contributed by atoms with E-state index >= 15 is 0 Å². The molecule has 0 bridgehead atoms. The fourth-order valence-corrected chi connectivity index (χ4v) is 4.39. The lowest BCUT2D eigenvalue weighted by Gasteiger charge is -2.34. The summed E-state index contributed by atoms with van der Waals surface area (Å²) in [6.45, 7) is 1.82. The van der Waals surface area contributed by atoms with Crippen molar-refractivity contribution in [2.75, 3.05) is 18.8 Å². The van der Waals surface area contributed by atoms with E-state index in [1.54, 1.807) is 0 Å². The maximum Gasteiger partial charge on any atom is 0.320 e. The van der Waals surface area contributed by atoms with E-state index in [0.29, 0.717) is 5.92 Å². The molecule has 0 amide bonds. The lowest BCUT2D eigenvalue weighted by molar-refractivity contribution is -0.144. The average Bonchev–Trinajstić information content (AvgIpc) is 2.83. The van der Waals surface area contributed by atoms with Gasteiger partial charge in [-0.25, -0.2) is 0 Å². The Morgan fingerprint density at radius 3 is 3.05 bits per heavy atom. The Morgan fingerprint density at radius 1 is 1.37 bits per heavy atom. The Bertz CT molecular complexity index is 477. The minimum absolute atomic E-state index is 0.272. The van der Waals surface area contributed by atoms with E-state index in [0.717, 1.165) is 38.1 Å². The van der Waals surface area contributed by atoms with E-state index in [-0.39, 0.29) is 6.04 Å². The highest BCUT2D eigenvalue weighted by atomic mass is 32.2. The predicted molar refractivity (Wildman–Crippen MR) is 76.8 cm³/mol. The normalized spacial score (nSPS) is 27.2. The Morgan fingerprint density at radius 2 is 2.21 bits per heavy atom. The first kappa shape index (κ1) is 13.0. The van der Waals surface area contributed by atoms with Crippen LogP contribution in [-0.4, -0.2) is 40.9 Å². The average molecular weight is 277 g/mol. The van der Waals surface area contributed by atoms with Crippen molar-refractivity contribution in [3.63, 3.8) is 0 Å². The Kier molecular flexibility index (Phi) is 3.80. The lowest BCUT2D eigenvalue weighted by atomic mass is 9.96. The highest BCUT2D eigenvalue weighted by molar-refractivity contribution is 7.99. The summed E-state index contributed by atoms with van der Waals surface area (Å²) in [5.74, 6) is 0.919. The second-order valence-electron chi connectivity index (χ2n) is 5.39. The number of benzene rings is 1. The van der Waals surface area contributed by atoms with Crippen LogP contribution in [0.1, 0.15) is 30.7 Å². The van der Waals surface area contributed by atoms with Gasteiger partial charge in [-0.1, -0.05) is 24.6 Å². The van der Waals surface area contributed by atoms with Gasteiger partial charge in [0.25, 0.3) is 0 Å². The number of thioether (sulfide) groups is 1. The van der Waals surface area contributed by atoms with Crippen molar-refractivity contribution in [3.8, 4) is 0 Å². The molecule has 1 N–H and O–H groups in total. The number of hydrogen-bond acceptors (Lipinski definition) is 3. The standard InChI is InChI=1S/C15H19NO2S/c17-15(18)13-6-3-4-8-16(13)9-11-10-19-14-7-2-1-5-12(11)14/h1-2,5,7,11,13H,3-4,6,8-10H2,(H,17,18). The van der Waals surface area contributed by atoms with E-state index in [1.165, 1.54) is 10.5 Å². The van der Waals surface area contributed by atoms with Crippen molar-refractivity contribution in [1.82, 2.24) is 4.90 Å². The largest absolute Gasteiger partial charge is 0.480 e. The van der Waals surface area contributed by atoms with Gasteiger partial charge in [-0.3, -0.25) is 9.69 Å². The molecule has 1 aromatic carbocycles. The molecular formula is C15H19NO2S. The summed E-state index contributed by atoms with van der Waals surface area (Å²) in [4.78, 5) is 14.9. The minimum Gasteiger partial charge on any atom is -0.480 e. The highest BCUT2D eigenvalue weighted by Crippen LogP contribution is 2.40. The summed E-state index contributed by atoms with van der Waals surface area (Å²) in [5, 5.41) is 9.33. The molecule has 4 heteroatoms. The molecule has 0 aromatic heterocycles. The van der Waals surface area contributed by atoms with Gasteiger partial charge in [0.2, 0.25) is 0 Å². The molecule has 2 aliphatic heterocycles. The molecule has 2 aliphatic rings. The molecule has 1 saturated heterocycles. The third-order valence-corrected chi connectivity index (χ3v) is 5.40. The number of carbonyl (C=O) groups is 1. The molecule has 0 spiro atoms. The second-order valence-corrected chi connectivity index (χ2v) is 6.45. The monoisotopic (exact) mass is 277 g/mol. The molecule has 3 rings (SSSR count). The lowest BCUT2D eigenvalue weighted by Crippen LogP contribution is -2.46. The van der Waals surface area contributed by atoms with Crippen LogP contribution in [0.5, 0.6) is 0 Å². The van der Waals surface area contributed by atoms with Crippen LogP contribution in [0, 0.1) is 0 Å². The van der Waals surface area contributed by atoms with Gasteiger partial charge in [0, 0.05) is 23.1 Å². The van der Waals surface area contributed by atoms with Gasteiger partial charge in [0.15, 0.2) is 0 Å². The SMILES string of the molecule is O=C(O)C1CCCCN1CC1CSc2ccccc21. The number of likely N-dealkylation sites (tertiary alicyclic amines) is 1. The van der Waals surface area contributed by atoms with Crippen molar-refractivity contribution in [2.24, 2.45) is 0 Å². The second kappa shape index (κ2) is 5.55. The summed E-state index contributed by atoms with van der Waals surface area (Å²) >= 11 is 1.90. The molecule has 0 aliphatic carbocycles. The molecule has 19 heavy (non-hydrogen) atoms. The number of carboxylic acids is 1. The van der Waals surface area contributed by atoms with Crippen molar-refractivity contribution in [3.05, 3.63) is 29.8 Å². The van der Waals surface area contributed by atoms with Crippen LogP contribution >= 0.6 is 11.8 Å². The van der Waals surface area contributed by atoms with E-state index in [4.69, 9.17) is 0 Å². The van der Waals surface area contributed by atoms with Crippen LogP contribution in [-0.2, 0) is 4.79 Å². The first-order valence-electron chi connectivity index (χ1n) is 6.94. The number of hydrogen-bond donors (Lipinski definition) is 1. The molecule has 102 valence electrons. The van der Waals surface area contributed by atoms with Gasteiger partial charge in [0.05, 0.1) is 0 Å². The zero-order valence-corrected chi connectivity index (χ0v) is 11.7. The van der Waals surface area contributed by atoms with Gasteiger partial charge >= 0.3 is 5.97 Å². The molecule has 1 aromatic rings. The third-order valence-electron chi connectivity index (χ3n) is 4.15. The first-order chi connectivity index (χ1) is 9.25. The molecule has 3 nitrogen and oxygen atoms in total. The van der Waals surface area contributed by atoms with E-state index in [2.05, 4.69) is 29.2 Å². The molecule has 2 unspecified atom stereocenters. The summed E-state index contributed by atoms with van der Waals surface area (Å²) in [6.07, 6.45) is 2.98. The summed E-state index contributed by atoms with van der Waals surface area (Å²) < 4.78 is 0. The Hall–Kier alpha value is -1.00. The van der Waals surface area contributed by atoms with Gasteiger partial charge in [-0.15, -0.1) is 11.8 Å². The van der Waals surface area contributed by atoms with E-state index in [1.807, 2.05) is 11.8 Å². The van der Waals surface area contributed by atoms with Crippen molar-refractivity contribution < 1.29 is 9.90 Å². The summed E-state index contributed by atoms with van der Waals surface area (Å²) in [7, 11) is 0. The number of fused-ring (bicyclic) bond motifs is 1. The smallest absolute Gasteiger partial charge is 0.320 e. The molecule has 1 fully saturated rings. The Labute approximate surface area is 118 Å². The van der Waals surface area contributed by atoms with Gasteiger partial charge < -0.3 is 5.11 Å². The maximum absolute atomic E-state index is 11.3. The highest BCUT2D eigenvalue weighted by Gasteiger charge is 2.32. The minimum atomic E-state index is -0.654. The first-order valence-corrected chi connectivity index (χ1v) is 7.93. The maximum atomic E-state index is 11.3. The molecular weight excluding hydrogens is 258 g/mol. The van der Waals surface area contributed by atoms with Crippen molar-refractivity contribution in [2.45, 2.75) is 36.1 Å². The summed E-state index contributed by atoms with van der Waals surface area (Å²) in [6, 6.07) is 8.26. The predicted octanol–water partition coefficient (Wildman–Crippen LogP) is 2.82. The van der Waals surface area contributed by atoms with Crippen LogP contribution in [0.3, 0.4) is 0 Å². The van der Waals surface area contributed by atoms with E-state index < -0.39 is 5.97 Å². The van der Waals surface area contributed by atoms with Gasteiger partial charge in [-0.2, -0.15) is 0 Å². The molecule has 2 heterocycles. The number of piperidine rings is 1. The van der Waals surface area contributed by atoms with Crippen LogP contribution in [0.15, 0.2) is 29.2 Å². The van der Waals surface area contributed by atoms with Crippen molar-refractivity contribution in [1.29, 1.82) is 0 Å². The number of aliphatic carboxylic acids is 1. The Balaban J connectivity index is 1.73. The molecule has 2 atom stereocenters. The van der Waals surface area contributed by atoms with Crippen molar-refractivity contribution >= 4 is 17.7 Å². The third kappa shape index (κ3) is 2.65. The fourth-order valence-electron chi connectivity index (χ4n) is 3.15. The van der Waals surface area contributed by atoms with Crippen LogP contribution in [0.25, 0.3) is 0 Å². The zero-order valence-electron chi connectivity index (χ0n) is 10.9. The fraction of sp³-hybridized carbons (Fsp3) is 0.533. The van der Waals surface area contributed by atoms with E-state index in [9.17, 15) is 9.90 Å². The van der Waals surface area contributed by atoms with Crippen LogP contribution in [0.4, 0.5) is 0 Å². The quantitative estimate of drug-likeness (QED) is 0.922. The number of rotatable bonds is 3. The zero-order chi connectivity index (χ0) is 13.2. The van der Waals surface area contributed by atoms with Crippen LogP contribution < -0.4 is 0 Å². The van der Waals surface area contributed by atoms with Gasteiger partial charge in [-0.05, 0) is 31.0 Å². The molecule has 0 saturated carbocycles. The number of carboxylic acid groups (broad SMARTS) is 1.